The molecule has 0 saturated carbocycles. The fourth-order valence-corrected chi connectivity index (χ4v) is 6.16. The Balaban J connectivity index is 1.28. The van der Waals surface area contributed by atoms with Crippen molar-refractivity contribution in [2.24, 2.45) is 0 Å². The van der Waals surface area contributed by atoms with E-state index in [9.17, 15) is 12.8 Å². The van der Waals surface area contributed by atoms with E-state index in [4.69, 9.17) is 4.74 Å². The maximum absolute atomic E-state index is 13.8. The molecule has 0 unspecified atom stereocenters. The number of halogens is 1. The van der Waals surface area contributed by atoms with Crippen molar-refractivity contribution in [3.8, 4) is 5.19 Å². The van der Waals surface area contributed by atoms with E-state index in [1.54, 1.807) is 18.2 Å². The van der Waals surface area contributed by atoms with Crippen LogP contribution in [0, 0.1) is 5.82 Å². The Hall–Kier alpha value is -2.55. The number of thiazole rings is 1. The summed E-state index contributed by atoms with van der Waals surface area (Å²) in [7, 11) is -3.56. The number of para-hydroxylation sites is 1. The highest BCUT2D eigenvalue weighted by Gasteiger charge is 2.30. The van der Waals surface area contributed by atoms with Gasteiger partial charge in [-0.3, -0.25) is 0 Å². The Bertz CT molecular complexity index is 1330. The second kappa shape index (κ2) is 7.61. The molecule has 1 aliphatic heterocycles. The van der Waals surface area contributed by atoms with Gasteiger partial charge in [0.25, 0.3) is 5.19 Å². The van der Waals surface area contributed by atoms with Crippen molar-refractivity contribution in [1.29, 1.82) is 0 Å². The molecule has 2 heterocycles. The van der Waals surface area contributed by atoms with Gasteiger partial charge in [0.05, 0.1) is 9.60 Å². The van der Waals surface area contributed by atoms with E-state index in [2.05, 4.69) is 4.98 Å². The monoisotopic (exact) mass is 442 g/mol. The van der Waals surface area contributed by atoms with Gasteiger partial charge in [-0.1, -0.05) is 47.7 Å². The van der Waals surface area contributed by atoms with Crippen LogP contribution in [0.3, 0.4) is 0 Å². The van der Waals surface area contributed by atoms with Crippen molar-refractivity contribution in [1.82, 2.24) is 9.29 Å². The number of piperidine rings is 1. The van der Waals surface area contributed by atoms with Crippen molar-refractivity contribution in [2.75, 3.05) is 13.1 Å². The first-order valence-corrected chi connectivity index (χ1v) is 12.0. The number of fused-ring (bicyclic) bond motifs is 2. The van der Waals surface area contributed by atoms with E-state index in [0.29, 0.717) is 41.5 Å². The number of hydrogen-bond acceptors (Lipinski definition) is 5. The van der Waals surface area contributed by atoms with Crippen LogP contribution in [0.25, 0.3) is 21.0 Å². The lowest BCUT2D eigenvalue weighted by Crippen LogP contribution is -2.41. The van der Waals surface area contributed by atoms with Crippen LogP contribution >= 0.6 is 11.3 Å². The highest BCUT2D eigenvalue weighted by atomic mass is 32.2. The lowest BCUT2D eigenvalue weighted by atomic mass is 10.1. The molecule has 0 bridgehead atoms. The quantitative estimate of drug-likeness (QED) is 0.455. The zero-order valence-electron chi connectivity index (χ0n) is 16.0. The summed E-state index contributed by atoms with van der Waals surface area (Å²) in [6, 6.07) is 17.8. The zero-order chi connectivity index (χ0) is 20.7. The van der Waals surface area contributed by atoms with Gasteiger partial charge >= 0.3 is 0 Å². The number of hydrogen-bond donors (Lipinski definition) is 0. The molecule has 4 aromatic rings. The summed E-state index contributed by atoms with van der Waals surface area (Å²) in [5.74, 6) is -0.366. The van der Waals surface area contributed by atoms with Crippen molar-refractivity contribution >= 4 is 42.3 Å². The summed E-state index contributed by atoms with van der Waals surface area (Å²) in [5, 5.41) is 2.33. The first-order chi connectivity index (χ1) is 14.5. The van der Waals surface area contributed by atoms with Crippen LogP contribution in [-0.2, 0) is 10.0 Å². The lowest BCUT2D eigenvalue weighted by molar-refractivity contribution is 0.135. The summed E-state index contributed by atoms with van der Waals surface area (Å²) in [4.78, 5) is 4.55. The van der Waals surface area contributed by atoms with Crippen LogP contribution in [0.2, 0.25) is 0 Å². The normalized spacial score (nSPS) is 16.3. The maximum atomic E-state index is 13.8. The van der Waals surface area contributed by atoms with Crippen molar-refractivity contribution in [3.05, 3.63) is 66.5 Å². The van der Waals surface area contributed by atoms with E-state index in [1.807, 2.05) is 36.4 Å². The molecular weight excluding hydrogens is 423 g/mol. The Kier molecular flexibility index (Phi) is 4.92. The molecule has 1 aromatic heterocycles. The fourth-order valence-electron chi connectivity index (χ4n) is 3.75. The van der Waals surface area contributed by atoms with Gasteiger partial charge in [0.15, 0.2) is 0 Å². The lowest BCUT2D eigenvalue weighted by Gasteiger charge is -2.30. The van der Waals surface area contributed by atoms with Gasteiger partial charge < -0.3 is 4.74 Å². The molecule has 0 N–H and O–H groups in total. The number of nitrogens with zero attached hydrogens (tertiary/aromatic N) is 2. The third kappa shape index (κ3) is 3.55. The second-order valence-electron chi connectivity index (χ2n) is 7.30. The van der Waals surface area contributed by atoms with Crippen molar-refractivity contribution in [2.45, 2.75) is 23.8 Å². The van der Waals surface area contributed by atoms with E-state index in [1.165, 1.54) is 21.7 Å². The highest BCUT2D eigenvalue weighted by molar-refractivity contribution is 7.89. The molecule has 1 aliphatic rings. The van der Waals surface area contributed by atoms with Gasteiger partial charge in [0, 0.05) is 13.1 Å². The molecule has 8 heteroatoms. The van der Waals surface area contributed by atoms with Gasteiger partial charge in [0.1, 0.15) is 17.4 Å². The Labute approximate surface area is 177 Å². The first-order valence-electron chi connectivity index (χ1n) is 9.71. The number of rotatable bonds is 4. The van der Waals surface area contributed by atoms with Crippen LogP contribution in [0.5, 0.6) is 5.19 Å². The summed E-state index contributed by atoms with van der Waals surface area (Å²) < 4.78 is 48.2. The summed E-state index contributed by atoms with van der Waals surface area (Å²) in [6.07, 6.45) is 0.979. The molecule has 30 heavy (non-hydrogen) atoms. The van der Waals surface area contributed by atoms with Crippen molar-refractivity contribution in [3.63, 3.8) is 0 Å². The number of ether oxygens (including phenoxy) is 1. The molecule has 5 nitrogen and oxygen atoms in total. The largest absolute Gasteiger partial charge is 0.467 e. The molecule has 0 radical (unpaired) electrons. The van der Waals surface area contributed by atoms with Crippen LogP contribution in [0.4, 0.5) is 4.39 Å². The zero-order valence-corrected chi connectivity index (χ0v) is 17.6. The van der Waals surface area contributed by atoms with E-state index in [0.717, 1.165) is 15.5 Å². The molecular formula is C22H19FN2O3S2. The number of benzene rings is 3. The minimum Gasteiger partial charge on any atom is -0.467 e. The van der Waals surface area contributed by atoms with E-state index >= 15 is 0 Å². The van der Waals surface area contributed by atoms with Gasteiger partial charge in [-0.05, 0) is 47.9 Å². The van der Waals surface area contributed by atoms with E-state index < -0.39 is 10.0 Å². The maximum Gasteiger partial charge on any atom is 0.274 e. The van der Waals surface area contributed by atoms with Crippen molar-refractivity contribution < 1.29 is 17.5 Å². The van der Waals surface area contributed by atoms with Gasteiger partial charge in [-0.25, -0.2) is 12.8 Å². The molecule has 0 aliphatic carbocycles. The molecule has 1 saturated heterocycles. The van der Waals surface area contributed by atoms with Gasteiger partial charge in [-0.2, -0.15) is 9.29 Å². The average Bonchev–Trinajstić information content (AvgIpc) is 3.18. The topological polar surface area (TPSA) is 59.5 Å². The third-order valence-corrected chi connectivity index (χ3v) is 8.18. The molecule has 3 aromatic carbocycles. The van der Waals surface area contributed by atoms with Crippen LogP contribution in [-0.4, -0.2) is 36.9 Å². The third-order valence-electron chi connectivity index (χ3n) is 5.38. The van der Waals surface area contributed by atoms with E-state index in [-0.39, 0.29) is 11.9 Å². The highest BCUT2D eigenvalue weighted by Crippen LogP contribution is 2.32. The molecule has 0 spiro atoms. The SMILES string of the molecule is O=S(=O)(c1ccc2ccccc2c1)N1CCC(Oc2nc3c(F)cccc3s2)CC1. The average molecular weight is 443 g/mol. The second-order valence-corrected chi connectivity index (χ2v) is 10.2. The first kappa shape index (κ1) is 19.4. The predicted molar refractivity (Wildman–Crippen MR) is 116 cm³/mol. The standard InChI is InChI=1S/C22H19FN2O3S2/c23-19-6-3-7-20-21(19)24-22(29-20)28-17-10-12-25(13-11-17)30(26,27)18-9-8-15-4-1-2-5-16(15)14-18/h1-9,14,17H,10-13H2. The molecule has 5 rings (SSSR count). The predicted octanol–water partition coefficient (Wildman–Crippen LogP) is 4.82. The van der Waals surface area contributed by atoms with Crippen LogP contribution in [0.1, 0.15) is 12.8 Å². The molecule has 0 atom stereocenters. The van der Waals surface area contributed by atoms with Gasteiger partial charge in [0.2, 0.25) is 10.0 Å². The van der Waals surface area contributed by atoms with Gasteiger partial charge in [-0.15, -0.1) is 0 Å². The fraction of sp³-hybridized carbons (Fsp3) is 0.227. The number of sulfonamides is 1. The smallest absolute Gasteiger partial charge is 0.274 e. The minimum atomic E-state index is -3.56. The minimum absolute atomic E-state index is 0.142. The number of aromatic nitrogens is 1. The summed E-state index contributed by atoms with van der Waals surface area (Å²) >= 11 is 1.30. The Morgan fingerprint density at radius 1 is 1.00 bits per heavy atom. The van der Waals surface area contributed by atoms with Crippen LogP contribution in [0.15, 0.2) is 65.6 Å². The Morgan fingerprint density at radius 3 is 2.53 bits per heavy atom. The Morgan fingerprint density at radius 2 is 1.77 bits per heavy atom. The molecule has 0 amide bonds. The summed E-state index contributed by atoms with van der Waals surface area (Å²) in [6.45, 7) is 0.748. The van der Waals surface area contributed by atoms with Crippen LogP contribution < -0.4 is 4.74 Å². The molecule has 154 valence electrons. The molecule has 1 fully saturated rings. The summed E-state index contributed by atoms with van der Waals surface area (Å²) in [5.41, 5.74) is 0.314.